The van der Waals surface area contributed by atoms with Crippen molar-refractivity contribution in [2.75, 3.05) is 36.5 Å². The maximum Gasteiger partial charge on any atom is 0.416 e. The SMILES string of the molecule is Cc1csc(-c2ccc(C(=O)Nc3cc(C(F)(F)F)ccc3N3CCOCC3)cc2)n1. The number of rotatable bonds is 4. The molecule has 3 aromatic rings. The van der Waals surface area contributed by atoms with E-state index in [9.17, 15) is 18.0 Å². The number of benzene rings is 2. The molecule has 1 N–H and O–H groups in total. The number of aryl methyl sites for hydroxylation is 1. The first-order valence-corrected chi connectivity index (χ1v) is 10.6. The largest absolute Gasteiger partial charge is 0.416 e. The van der Waals surface area contributed by atoms with Crippen LogP contribution >= 0.6 is 11.3 Å². The van der Waals surface area contributed by atoms with Gasteiger partial charge in [0, 0.05) is 35.3 Å². The molecule has 0 unspecified atom stereocenters. The minimum atomic E-state index is -4.50. The number of hydrogen-bond donors (Lipinski definition) is 1. The number of hydrogen-bond acceptors (Lipinski definition) is 5. The molecular weight excluding hydrogens is 427 g/mol. The Hall–Kier alpha value is -2.91. The van der Waals surface area contributed by atoms with Gasteiger partial charge in [0.05, 0.1) is 30.2 Å². The van der Waals surface area contributed by atoms with E-state index in [4.69, 9.17) is 4.74 Å². The average molecular weight is 447 g/mol. The van der Waals surface area contributed by atoms with Gasteiger partial charge in [-0.3, -0.25) is 4.79 Å². The number of nitrogens with zero attached hydrogens (tertiary/aromatic N) is 2. The minimum Gasteiger partial charge on any atom is -0.378 e. The third-order valence-electron chi connectivity index (χ3n) is 4.94. The maximum absolute atomic E-state index is 13.3. The number of halogens is 3. The first kappa shape index (κ1) is 21.3. The van der Waals surface area contributed by atoms with Crippen LogP contribution in [0.5, 0.6) is 0 Å². The van der Waals surface area contributed by atoms with Crippen LogP contribution in [0.15, 0.2) is 47.8 Å². The second kappa shape index (κ2) is 8.68. The summed E-state index contributed by atoms with van der Waals surface area (Å²) in [5.74, 6) is -0.476. The van der Waals surface area contributed by atoms with Gasteiger partial charge in [-0.05, 0) is 37.3 Å². The van der Waals surface area contributed by atoms with Crippen LogP contribution < -0.4 is 10.2 Å². The summed E-state index contributed by atoms with van der Waals surface area (Å²) in [4.78, 5) is 19.1. The molecule has 4 rings (SSSR count). The molecule has 0 aliphatic carbocycles. The molecule has 1 fully saturated rings. The van der Waals surface area contributed by atoms with Crippen molar-refractivity contribution in [3.63, 3.8) is 0 Å². The van der Waals surface area contributed by atoms with E-state index >= 15 is 0 Å². The number of nitrogens with one attached hydrogen (secondary N) is 1. The standard InChI is InChI=1S/C22H20F3N3O2S/c1-14-13-31-21(26-14)16-4-2-15(3-5-16)20(29)27-18-12-17(22(23,24)25)6-7-19(18)28-8-10-30-11-9-28/h2-7,12-13H,8-11H2,1H3,(H,27,29). The van der Waals surface area contributed by atoms with Crippen molar-refractivity contribution < 1.29 is 22.7 Å². The van der Waals surface area contributed by atoms with E-state index in [2.05, 4.69) is 10.3 Å². The fourth-order valence-electron chi connectivity index (χ4n) is 3.34. The molecule has 0 atom stereocenters. The third-order valence-corrected chi connectivity index (χ3v) is 5.95. The van der Waals surface area contributed by atoms with Crippen molar-refractivity contribution in [1.29, 1.82) is 0 Å². The van der Waals surface area contributed by atoms with Crippen molar-refractivity contribution >= 4 is 28.6 Å². The zero-order valence-electron chi connectivity index (χ0n) is 16.7. The number of carbonyl (C=O) groups excluding carboxylic acids is 1. The summed E-state index contributed by atoms with van der Waals surface area (Å²) in [5.41, 5.74) is 2.00. The lowest BCUT2D eigenvalue weighted by molar-refractivity contribution is -0.137. The normalized spacial score (nSPS) is 14.5. The second-order valence-electron chi connectivity index (χ2n) is 7.15. The highest BCUT2D eigenvalue weighted by Crippen LogP contribution is 2.36. The van der Waals surface area contributed by atoms with Gasteiger partial charge in [0.15, 0.2) is 0 Å². The Morgan fingerprint density at radius 2 is 1.84 bits per heavy atom. The summed E-state index contributed by atoms with van der Waals surface area (Å²) >= 11 is 1.51. The first-order valence-electron chi connectivity index (χ1n) is 9.69. The molecule has 1 amide bonds. The van der Waals surface area contributed by atoms with Gasteiger partial charge in [0.25, 0.3) is 5.91 Å². The van der Waals surface area contributed by atoms with Gasteiger partial charge < -0.3 is 15.0 Å². The Balaban J connectivity index is 1.59. The fraction of sp³-hybridized carbons (Fsp3) is 0.273. The molecule has 2 aromatic carbocycles. The van der Waals surface area contributed by atoms with Gasteiger partial charge in [-0.15, -0.1) is 11.3 Å². The van der Waals surface area contributed by atoms with Crippen molar-refractivity contribution in [2.24, 2.45) is 0 Å². The number of carbonyl (C=O) groups is 1. The molecule has 0 radical (unpaired) electrons. The zero-order valence-corrected chi connectivity index (χ0v) is 17.5. The highest BCUT2D eigenvalue weighted by molar-refractivity contribution is 7.13. The highest BCUT2D eigenvalue weighted by atomic mass is 32.1. The van der Waals surface area contributed by atoms with Gasteiger partial charge in [0.2, 0.25) is 0 Å². The summed E-state index contributed by atoms with van der Waals surface area (Å²) in [6, 6.07) is 10.3. The number of thiazole rings is 1. The van der Waals surface area contributed by atoms with E-state index in [-0.39, 0.29) is 5.69 Å². The Kier molecular flexibility index (Phi) is 5.97. The van der Waals surface area contributed by atoms with Gasteiger partial charge in [-0.25, -0.2) is 4.98 Å². The molecule has 5 nitrogen and oxygen atoms in total. The monoisotopic (exact) mass is 447 g/mol. The lowest BCUT2D eigenvalue weighted by Gasteiger charge is -2.31. The molecule has 9 heteroatoms. The Bertz CT molecular complexity index is 1070. The number of ether oxygens (including phenoxy) is 1. The van der Waals surface area contributed by atoms with Crippen LogP contribution in [-0.2, 0) is 10.9 Å². The predicted molar refractivity (Wildman–Crippen MR) is 115 cm³/mol. The van der Waals surface area contributed by atoms with Gasteiger partial charge in [0.1, 0.15) is 5.01 Å². The van der Waals surface area contributed by atoms with Crippen molar-refractivity contribution in [1.82, 2.24) is 4.98 Å². The molecule has 1 aliphatic heterocycles. The van der Waals surface area contributed by atoms with Crippen molar-refractivity contribution in [3.05, 3.63) is 64.7 Å². The zero-order chi connectivity index (χ0) is 22.0. The molecule has 31 heavy (non-hydrogen) atoms. The minimum absolute atomic E-state index is 0.126. The van der Waals surface area contributed by atoms with Crippen LogP contribution in [0.4, 0.5) is 24.5 Å². The lowest BCUT2D eigenvalue weighted by Crippen LogP contribution is -2.36. The molecule has 0 bridgehead atoms. The topological polar surface area (TPSA) is 54.5 Å². The van der Waals surface area contributed by atoms with E-state index in [1.165, 1.54) is 17.4 Å². The van der Waals surface area contributed by atoms with E-state index in [1.54, 1.807) is 24.3 Å². The summed E-state index contributed by atoms with van der Waals surface area (Å²) in [5, 5.41) is 5.45. The van der Waals surface area contributed by atoms with E-state index in [0.717, 1.165) is 28.4 Å². The maximum atomic E-state index is 13.3. The molecule has 2 heterocycles. The lowest BCUT2D eigenvalue weighted by atomic mass is 10.1. The van der Waals surface area contributed by atoms with Crippen LogP contribution in [0.1, 0.15) is 21.6 Å². The first-order chi connectivity index (χ1) is 14.8. The van der Waals surface area contributed by atoms with Crippen molar-refractivity contribution in [3.8, 4) is 10.6 Å². The third kappa shape index (κ3) is 4.88. The van der Waals surface area contributed by atoms with E-state index in [1.807, 2.05) is 17.2 Å². The van der Waals surface area contributed by atoms with Crippen LogP contribution in [-0.4, -0.2) is 37.2 Å². The quantitative estimate of drug-likeness (QED) is 0.595. The molecule has 0 spiro atoms. The number of aromatic nitrogens is 1. The van der Waals surface area contributed by atoms with Crippen LogP contribution in [0.25, 0.3) is 10.6 Å². The highest BCUT2D eigenvalue weighted by Gasteiger charge is 2.32. The summed E-state index contributed by atoms with van der Waals surface area (Å²) in [6.07, 6.45) is -4.50. The molecule has 1 saturated heterocycles. The van der Waals surface area contributed by atoms with E-state index in [0.29, 0.717) is 37.6 Å². The molecule has 1 aromatic heterocycles. The molecule has 1 aliphatic rings. The second-order valence-corrected chi connectivity index (χ2v) is 8.01. The van der Waals surface area contributed by atoms with Crippen molar-refractivity contribution in [2.45, 2.75) is 13.1 Å². The van der Waals surface area contributed by atoms with Crippen LogP contribution in [0.2, 0.25) is 0 Å². The average Bonchev–Trinajstić information content (AvgIpc) is 3.20. The Labute approximate surface area is 181 Å². The summed E-state index contributed by atoms with van der Waals surface area (Å²) in [7, 11) is 0. The smallest absolute Gasteiger partial charge is 0.378 e. The number of morpholine rings is 1. The number of amides is 1. The molecular formula is C22H20F3N3O2S. The summed E-state index contributed by atoms with van der Waals surface area (Å²) < 4.78 is 45.1. The number of alkyl halides is 3. The number of anilines is 2. The van der Waals surface area contributed by atoms with Crippen LogP contribution in [0, 0.1) is 6.92 Å². The Morgan fingerprint density at radius 1 is 1.13 bits per heavy atom. The van der Waals surface area contributed by atoms with Gasteiger partial charge >= 0.3 is 6.18 Å². The molecule has 162 valence electrons. The fourth-order valence-corrected chi connectivity index (χ4v) is 4.14. The van der Waals surface area contributed by atoms with Gasteiger partial charge in [-0.1, -0.05) is 12.1 Å². The summed E-state index contributed by atoms with van der Waals surface area (Å²) in [6.45, 7) is 3.94. The van der Waals surface area contributed by atoms with E-state index < -0.39 is 17.6 Å². The molecule has 0 saturated carbocycles. The Morgan fingerprint density at radius 3 is 2.45 bits per heavy atom. The predicted octanol–water partition coefficient (Wildman–Crippen LogP) is 5.23. The van der Waals surface area contributed by atoms with Gasteiger partial charge in [-0.2, -0.15) is 13.2 Å². The van der Waals surface area contributed by atoms with Crippen LogP contribution in [0.3, 0.4) is 0 Å².